The SMILES string of the molecule is CC1Nc2cncn2-c2ccc(F)cc2C1=O. The summed E-state index contributed by atoms with van der Waals surface area (Å²) in [5.41, 5.74) is 1.03. The van der Waals surface area contributed by atoms with Crippen molar-refractivity contribution in [1.82, 2.24) is 9.55 Å². The topological polar surface area (TPSA) is 46.9 Å². The first-order valence-corrected chi connectivity index (χ1v) is 5.30. The molecule has 4 nitrogen and oxygen atoms in total. The van der Waals surface area contributed by atoms with E-state index in [9.17, 15) is 9.18 Å². The Kier molecular flexibility index (Phi) is 2.01. The molecule has 0 spiro atoms. The Balaban J connectivity index is 2.32. The Morgan fingerprint density at radius 2 is 2.29 bits per heavy atom. The highest BCUT2D eigenvalue weighted by molar-refractivity contribution is 6.05. The van der Waals surface area contributed by atoms with Crippen molar-refractivity contribution in [2.24, 2.45) is 0 Å². The van der Waals surface area contributed by atoms with Gasteiger partial charge in [0, 0.05) is 5.56 Å². The summed E-state index contributed by atoms with van der Waals surface area (Å²) in [5.74, 6) is 0.201. The van der Waals surface area contributed by atoms with E-state index in [-0.39, 0.29) is 5.78 Å². The van der Waals surface area contributed by atoms with Crippen LogP contribution in [0.15, 0.2) is 30.7 Å². The van der Waals surface area contributed by atoms with E-state index in [1.165, 1.54) is 12.1 Å². The Labute approximate surface area is 97.1 Å². The highest BCUT2D eigenvalue weighted by Crippen LogP contribution is 2.26. The van der Waals surface area contributed by atoms with E-state index in [0.717, 1.165) is 5.82 Å². The molecule has 0 amide bonds. The number of carbonyl (C=O) groups is 1. The van der Waals surface area contributed by atoms with E-state index < -0.39 is 11.9 Å². The van der Waals surface area contributed by atoms with Gasteiger partial charge in [0.15, 0.2) is 5.78 Å². The smallest absolute Gasteiger partial charge is 0.186 e. The first kappa shape index (κ1) is 10.0. The minimum absolute atomic E-state index is 0.122. The number of Topliss-reactive ketones (excluding diaryl/α,β-unsaturated/α-hetero) is 1. The van der Waals surface area contributed by atoms with E-state index in [0.29, 0.717) is 11.3 Å². The summed E-state index contributed by atoms with van der Waals surface area (Å²) in [7, 11) is 0. The van der Waals surface area contributed by atoms with Gasteiger partial charge in [-0.25, -0.2) is 9.37 Å². The van der Waals surface area contributed by atoms with Gasteiger partial charge in [-0.15, -0.1) is 0 Å². The van der Waals surface area contributed by atoms with Crippen LogP contribution in [0, 0.1) is 5.82 Å². The molecular weight excluding hydrogens is 221 g/mol. The van der Waals surface area contributed by atoms with E-state index in [2.05, 4.69) is 10.3 Å². The molecule has 0 bridgehead atoms. The van der Waals surface area contributed by atoms with Crippen LogP contribution in [-0.2, 0) is 0 Å². The molecule has 0 fully saturated rings. The summed E-state index contributed by atoms with van der Waals surface area (Å²) in [5, 5.41) is 3.05. The second kappa shape index (κ2) is 3.41. The zero-order valence-corrected chi connectivity index (χ0v) is 9.14. The molecule has 0 radical (unpaired) electrons. The molecule has 1 aromatic carbocycles. The minimum Gasteiger partial charge on any atom is -0.360 e. The Bertz CT molecular complexity index is 606. The third kappa shape index (κ3) is 1.43. The van der Waals surface area contributed by atoms with Crippen molar-refractivity contribution in [2.45, 2.75) is 13.0 Å². The molecule has 3 rings (SSSR count). The van der Waals surface area contributed by atoms with Crippen LogP contribution in [-0.4, -0.2) is 21.4 Å². The lowest BCUT2D eigenvalue weighted by atomic mass is 10.0. The molecule has 1 aromatic heterocycles. The molecule has 0 aliphatic carbocycles. The first-order valence-electron chi connectivity index (χ1n) is 5.30. The van der Waals surface area contributed by atoms with Crippen LogP contribution in [0.5, 0.6) is 0 Å². The van der Waals surface area contributed by atoms with Crippen LogP contribution in [0.4, 0.5) is 10.2 Å². The fourth-order valence-electron chi connectivity index (χ4n) is 2.03. The monoisotopic (exact) mass is 231 g/mol. The maximum absolute atomic E-state index is 13.2. The predicted octanol–water partition coefficient (Wildman–Crippen LogP) is 2.01. The second-order valence-corrected chi connectivity index (χ2v) is 4.04. The van der Waals surface area contributed by atoms with Gasteiger partial charge in [0.25, 0.3) is 0 Å². The van der Waals surface area contributed by atoms with Crippen molar-refractivity contribution in [3.05, 3.63) is 42.1 Å². The van der Waals surface area contributed by atoms with Crippen LogP contribution in [0.2, 0.25) is 0 Å². The highest BCUT2D eigenvalue weighted by atomic mass is 19.1. The van der Waals surface area contributed by atoms with Crippen LogP contribution < -0.4 is 5.32 Å². The molecule has 1 aliphatic rings. The van der Waals surface area contributed by atoms with Gasteiger partial charge in [0.05, 0.1) is 17.9 Å². The number of rotatable bonds is 0. The number of fused-ring (bicyclic) bond motifs is 3. The molecule has 17 heavy (non-hydrogen) atoms. The number of halogens is 1. The molecule has 1 atom stereocenters. The maximum Gasteiger partial charge on any atom is 0.186 e. The molecule has 2 heterocycles. The number of imidazole rings is 1. The molecule has 0 saturated heterocycles. The zero-order valence-electron chi connectivity index (χ0n) is 9.14. The minimum atomic E-state index is -0.409. The van der Waals surface area contributed by atoms with Gasteiger partial charge < -0.3 is 5.32 Å². The number of hydrogen-bond acceptors (Lipinski definition) is 3. The van der Waals surface area contributed by atoms with Crippen molar-refractivity contribution in [3.63, 3.8) is 0 Å². The van der Waals surface area contributed by atoms with Crippen LogP contribution >= 0.6 is 0 Å². The third-order valence-electron chi connectivity index (χ3n) is 2.88. The van der Waals surface area contributed by atoms with Crippen LogP contribution in [0.25, 0.3) is 5.69 Å². The Morgan fingerprint density at radius 3 is 3.12 bits per heavy atom. The van der Waals surface area contributed by atoms with Crippen molar-refractivity contribution < 1.29 is 9.18 Å². The number of benzene rings is 1. The van der Waals surface area contributed by atoms with Gasteiger partial charge in [0.2, 0.25) is 0 Å². The lowest BCUT2D eigenvalue weighted by Gasteiger charge is -2.08. The fraction of sp³-hybridized carbons (Fsp3) is 0.167. The van der Waals surface area contributed by atoms with Crippen LogP contribution in [0.1, 0.15) is 17.3 Å². The summed E-state index contributed by atoms with van der Waals surface area (Å²) < 4.78 is 15.0. The summed E-state index contributed by atoms with van der Waals surface area (Å²) >= 11 is 0. The van der Waals surface area contributed by atoms with E-state index >= 15 is 0 Å². The van der Waals surface area contributed by atoms with Crippen molar-refractivity contribution in [1.29, 1.82) is 0 Å². The van der Waals surface area contributed by atoms with Gasteiger partial charge in [-0.2, -0.15) is 0 Å². The van der Waals surface area contributed by atoms with E-state index in [4.69, 9.17) is 0 Å². The van der Waals surface area contributed by atoms with Gasteiger partial charge in [-0.05, 0) is 25.1 Å². The Morgan fingerprint density at radius 1 is 1.47 bits per heavy atom. The molecule has 0 saturated carbocycles. The number of hydrogen-bond donors (Lipinski definition) is 1. The van der Waals surface area contributed by atoms with Gasteiger partial charge in [0.1, 0.15) is 18.0 Å². The molecule has 1 aliphatic heterocycles. The molecule has 1 unspecified atom stereocenters. The molecule has 2 aromatic rings. The molecular formula is C12H10FN3O. The Hall–Kier alpha value is -2.17. The fourth-order valence-corrected chi connectivity index (χ4v) is 2.03. The van der Waals surface area contributed by atoms with Crippen molar-refractivity contribution in [2.75, 3.05) is 5.32 Å². The summed E-state index contributed by atoms with van der Waals surface area (Å²) in [4.78, 5) is 16.1. The standard InChI is InChI=1S/C12H10FN3O/c1-7-12(17)9-4-8(13)2-3-10(9)16-6-14-5-11(16)15-7/h2-7,15H,1H3. The lowest BCUT2D eigenvalue weighted by molar-refractivity contribution is 0.0976. The number of ketones is 1. The summed E-state index contributed by atoms with van der Waals surface area (Å²) in [6.45, 7) is 1.75. The second-order valence-electron chi connectivity index (χ2n) is 4.04. The zero-order chi connectivity index (χ0) is 12.0. The number of carbonyl (C=O) groups excluding carboxylic acids is 1. The average Bonchev–Trinajstić information content (AvgIpc) is 2.72. The quantitative estimate of drug-likeness (QED) is 0.754. The molecule has 86 valence electrons. The first-order chi connectivity index (χ1) is 8.16. The number of nitrogens with zero attached hydrogens (tertiary/aromatic N) is 2. The van der Waals surface area contributed by atoms with E-state index in [1.54, 1.807) is 30.1 Å². The number of aromatic nitrogens is 2. The van der Waals surface area contributed by atoms with Crippen molar-refractivity contribution >= 4 is 11.6 Å². The van der Waals surface area contributed by atoms with Gasteiger partial charge in [-0.1, -0.05) is 0 Å². The molecule has 5 heteroatoms. The lowest BCUT2D eigenvalue weighted by Crippen LogP contribution is -2.24. The third-order valence-corrected chi connectivity index (χ3v) is 2.88. The largest absolute Gasteiger partial charge is 0.360 e. The maximum atomic E-state index is 13.2. The van der Waals surface area contributed by atoms with Gasteiger partial charge >= 0.3 is 0 Å². The molecule has 1 N–H and O–H groups in total. The van der Waals surface area contributed by atoms with Gasteiger partial charge in [-0.3, -0.25) is 9.36 Å². The number of nitrogens with one attached hydrogen (secondary N) is 1. The normalized spacial score (nSPS) is 18.0. The average molecular weight is 231 g/mol. The summed E-state index contributed by atoms with van der Waals surface area (Å²) in [6.07, 6.45) is 3.24. The number of anilines is 1. The highest BCUT2D eigenvalue weighted by Gasteiger charge is 2.25. The van der Waals surface area contributed by atoms with Crippen LogP contribution in [0.3, 0.4) is 0 Å². The summed E-state index contributed by atoms with van der Waals surface area (Å²) in [6, 6.07) is 3.80. The van der Waals surface area contributed by atoms with E-state index in [1.807, 2.05) is 0 Å². The predicted molar refractivity (Wildman–Crippen MR) is 60.9 cm³/mol. The van der Waals surface area contributed by atoms with Crippen molar-refractivity contribution in [3.8, 4) is 5.69 Å².